The Balaban J connectivity index is 1.77. The van der Waals surface area contributed by atoms with Crippen molar-refractivity contribution in [3.63, 3.8) is 0 Å². The fraction of sp³-hybridized carbons (Fsp3) is 0.333. The smallest absolute Gasteiger partial charge is 0.293 e. The van der Waals surface area contributed by atoms with Gasteiger partial charge in [-0.3, -0.25) is 4.79 Å². The second-order valence-corrected chi connectivity index (χ2v) is 6.35. The van der Waals surface area contributed by atoms with Crippen LogP contribution < -0.4 is 9.88 Å². The van der Waals surface area contributed by atoms with E-state index in [1.165, 1.54) is 42.2 Å². The van der Waals surface area contributed by atoms with Crippen LogP contribution in [0.4, 0.5) is 10.1 Å². The van der Waals surface area contributed by atoms with Crippen molar-refractivity contribution >= 4 is 23.2 Å². The molecule has 5 heteroatoms. The van der Waals surface area contributed by atoms with Crippen molar-refractivity contribution in [1.29, 1.82) is 0 Å². The number of nitrogens with zero attached hydrogens (tertiary/aromatic N) is 1. The lowest BCUT2D eigenvalue weighted by atomic mass is 9.93. The number of benzene rings is 1. The van der Waals surface area contributed by atoms with Crippen molar-refractivity contribution in [1.82, 2.24) is 0 Å². The largest absolute Gasteiger partial charge is 0.319 e. The van der Waals surface area contributed by atoms with Gasteiger partial charge < -0.3 is 5.32 Å². The van der Waals surface area contributed by atoms with Crippen LogP contribution in [0.2, 0.25) is 5.02 Å². The zero-order valence-electron chi connectivity index (χ0n) is 13.0. The van der Waals surface area contributed by atoms with E-state index in [2.05, 4.69) is 17.6 Å². The van der Waals surface area contributed by atoms with Crippen molar-refractivity contribution in [2.45, 2.75) is 38.6 Å². The van der Waals surface area contributed by atoms with Gasteiger partial charge in [-0.1, -0.05) is 11.6 Å². The van der Waals surface area contributed by atoms with Gasteiger partial charge in [-0.25, -0.2) is 4.39 Å². The van der Waals surface area contributed by atoms with Crippen LogP contribution in [0.25, 0.3) is 0 Å². The monoisotopic (exact) mass is 333 g/mol. The number of aromatic nitrogens is 1. The SMILES string of the molecule is C[C@@H](C(=O)Nc1ccc(F)cc1Cl)[n+]1ccc2c(c1)CCCC2. The van der Waals surface area contributed by atoms with Gasteiger partial charge in [0.2, 0.25) is 6.04 Å². The second-order valence-electron chi connectivity index (χ2n) is 5.94. The van der Waals surface area contributed by atoms with Crippen molar-refractivity contribution in [3.05, 3.63) is 58.6 Å². The highest BCUT2D eigenvalue weighted by Crippen LogP contribution is 2.23. The average molecular weight is 334 g/mol. The minimum atomic E-state index is -0.426. The number of hydrogen-bond acceptors (Lipinski definition) is 1. The van der Waals surface area contributed by atoms with E-state index in [4.69, 9.17) is 11.6 Å². The molecular formula is C18H19ClFN2O+. The summed E-state index contributed by atoms with van der Waals surface area (Å²) >= 11 is 5.96. The number of fused-ring (bicyclic) bond motifs is 1. The number of amides is 1. The summed E-state index contributed by atoms with van der Waals surface area (Å²) in [6.07, 6.45) is 8.61. The zero-order valence-corrected chi connectivity index (χ0v) is 13.7. The minimum absolute atomic E-state index is 0.181. The highest BCUT2D eigenvalue weighted by atomic mass is 35.5. The first-order valence-corrected chi connectivity index (χ1v) is 8.21. The van der Waals surface area contributed by atoms with Gasteiger partial charge in [0.25, 0.3) is 5.91 Å². The lowest BCUT2D eigenvalue weighted by Crippen LogP contribution is -2.44. The Bertz CT molecular complexity index is 748. The summed E-state index contributed by atoms with van der Waals surface area (Å²) in [6.45, 7) is 1.84. The summed E-state index contributed by atoms with van der Waals surface area (Å²) in [5.41, 5.74) is 3.11. The van der Waals surface area contributed by atoms with Gasteiger partial charge in [0.05, 0.1) is 10.7 Å². The topological polar surface area (TPSA) is 33.0 Å². The number of hydrogen-bond donors (Lipinski definition) is 1. The normalized spacial score (nSPS) is 14.9. The van der Waals surface area contributed by atoms with E-state index in [-0.39, 0.29) is 17.0 Å². The predicted molar refractivity (Wildman–Crippen MR) is 88.0 cm³/mol. The summed E-state index contributed by atoms with van der Waals surface area (Å²) in [4.78, 5) is 12.4. The summed E-state index contributed by atoms with van der Waals surface area (Å²) in [6, 6.07) is 5.66. The first kappa shape index (κ1) is 15.9. The lowest BCUT2D eigenvalue weighted by Gasteiger charge is -2.15. The molecule has 2 aromatic rings. The van der Waals surface area contributed by atoms with Crippen molar-refractivity contribution < 1.29 is 13.8 Å². The van der Waals surface area contributed by atoms with Crippen LogP contribution in [0.1, 0.15) is 36.9 Å². The fourth-order valence-electron chi connectivity index (χ4n) is 2.89. The molecule has 0 saturated carbocycles. The third-order valence-corrected chi connectivity index (χ3v) is 4.64. The molecule has 120 valence electrons. The molecule has 0 bridgehead atoms. The Kier molecular flexibility index (Phi) is 4.62. The number of anilines is 1. The maximum atomic E-state index is 13.1. The Labute approximate surface area is 140 Å². The van der Waals surface area contributed by atoms with Gasteiger partial charge in [0.15, 0.2) is 12.4 Å². The van der Waals surface area contributed by atoms with E-state index in [0.717, 1.165) is 12.8 Å². The lowest BCUT2D eigenvalue weighted by molar-refractivity contribution is -0.706. The third-order valence-electron chi connectivity index (χ3n) is 4.32. The van der Waals surface area contributed by atoms with Crippen LogP contribution in [-0.4, -0.2) is 5.91 Å². The molecule has 23 heavy (non-hydrogen) atoms. The van der Waals surface area contributed by atoms with Gasteiger partial charge >= 0.3 is 0 Å². The summed E-state index contributed by atoms with van der Waals surface area (Å²) in [5.74, 6) is -0.607. The first-order valence-electron chi connectivity index (χ1n) is 7.83. The number of carbonyl (C=O) groups excluding carboxylic acids is 1. The van der Waals surface area contributed by atoms with E-state index < -0.39 is 5.82 Å². The first-order chi connectivity index (χ1) is 11.0. The third kappa shape index (κ3) is 3.53. The molecule has 0 spiro atoms. The Morgan fingerprint density at radius 3 is 2.74 bits per heavy atom. The van der Waals surface area contributed by atoms with Gasteiger partial charge in [-0.15, -0.1) is 0 Å². The van der Waals surface area contributed by atoms with Gasteiger partial charge in [-0.05, 0) is 49.4 Å². The van der Waals surface area contributed by atoms with Crippen molar-refractivity contribution in [2.24, 2.45) is 0 Å². The molecule has 1 aliphatic rings. The fourth-order valence-corrected chi connectivity index (χ4v) is 3.11. The van der Waals surface area contributed by atoms with Crippen LogP contribution in [0.5, 0.6) is 0 Å². The maximum absolute atomic E-state index is 13.1. The van der Waals surface area contributed by atoms with Crippen LogP contribution in [0.3, 0.4) is 0 Å². The Morgan fingerprint density at radius 1 is 1.26 bits per heavy atom. The number of halogens is 2. The average Bonchev–Trinajstić information content (AvgIpc) is 2.56. The standard InChI is InChI=1S/C18H18ClFN2O/c1-12(18(23)21-17-7-6-15(20)10-16(17)19)22-9-8-13-4-2-3-5-14(13)11-22/h6-12H,2-5H2,1H3/p+1/t12-/m0/s1. The molecule has 0 aliphatic heterocycles. The van der Waals surface area contributed by atoms with E-state index in [1.54, 1.807) is 0 Å². The number of rotatable bonds is 3. The molecular weight excluding hydrogens is 315 g/mol. The molecule has 1 N–H and O–H groups in total. The van der Waals surface area contributed by atoms with Crippen LogP contribution in [0, 0.1) is 5.82 Å². The Morgan fingerprint density at radius 2 is 2.00 bits per heavy atom. The molecule has 3 rings (SSSR count). The molecule has 3 nitrogen and oxygen atoms in total. The molecule has 0 saturated heterocycles. The molecule has 0 fully saturated rings. The molecule has 0 unspecified atom stereocenters. The highest BCUT2D eigenvalue weighted by molar-refractivity contribution is 6.33. The van der Waals surface area contributed by atoms with Gasteiger partial charge in [0.1, 0.15) is 5.82 Å². The summed E-state index contributed by atoms with van der Waals surface area (Å²) in [5, 5.41) is 2.95. The number of carbonyl (C=O) groups is 1. The van der Waals surface area contributed by atoms with Crippen LogP contribution >= 0.6 is 11.6 Å². The molecule has 1 amide bonds. The molecule has 1 heterocycles. The quantitative estimate of drug-likeness (QED) is 0.850. The van der Waals surface area contributed by atoms with E-state index in [1.807, 2.05) is 17.7 Å². The molecule has 1 aromatic heterocycles. The minimum Gasteiger partial charge on any atom is -0.319 e. The van der Waals surface area contributed by atoms with E-state index in [9.17, 15) is 9.18 Å². The maximum Gasteiger partial charge on any atom is 0.293 e. The van der Waals surface area contributed by atoms with E-state index >= 15 is 0 Å². The van der Waals surface area contributed by atoms with Crippen molar-refractivity contribution in [3.8, 4) is 0 Å². The molecule has 0 radical (unpaired) electrons. The zero-order chi connectivity index (χ0) is 16.4. The molecule has 1 aliphatic carbocycles. The number of pyridine rings is 1. The highest BCUT2D eigenvalue weighted by Gasteiger charge is 2.24. The number of nitrogens with one attached hydrogen (secondary N) is 1. The predicted octanol–water partition coefficient (Wildman–Crippen LogP) is 3.85. The van der Waals surface area contributed by atoms with Gasteiger partial charge in [-0.2, -0.15) is 4.57 Å². The number of aryl methyl sites for hydroxylation is 2. The summed E-state index contributed by atoms with van der Waals surface area (Å²) in [7, 11) is 0. The van der Waals surface area contributed by atoms with Crippen LogP contribution in [-0.2, 0) is 17.6 Å². The van der Waals surface area contributed by atoms with Crippen LogP contribution in [0.15, 0.2) is 36.7 Å². The molecule has 1 aromatic carbocycles. The van der Waals surface area contributed by atoms with Gasteiger partial charge in [0, 0.05) is 18.6 Å². The second kappa shape index (κ2) is 6.67. The van der Waals surface area contributed by atoms with E-state index in [0.29, 0.717) is 5.69 Å². The Hall–Kier alpha value is -1.94. The molecule has 1 atom stereocenters. The summed E-state index contributed by atoms with van der Waals surface area (Å²) < 4.78 is 15.0. The van der Waals surface area contributed by atoms with Crippen molar-refractivity contribution in [2.75, 3.05) is 5.32 Å².